The summed E-state index contributed by atoms with van der Waals surface area (Å²) < 4.78 is 0. The van der Waals surface area contributed by atoms with Crippen LogP contribution >= 0.6 is 0 Å². The number of carbonyl (C=O) groups excluding carboxylic acids is 2. The molecule has 8 atom stereocenters. The van der Waals surface area contributed by atoms with Crippen molar-refractivity contribution < 1.29 is 14.7 Å². The first-order valence-electron chi connectivity index (χ1n) is 12.3. The molecule has 0 spiro atoms. The van der Waals surface area contributed by atoms with E-state index in [-0.39, 0.29) is 35.2 Å². The quantitative estimate of drug-likeness (QED) is 0.755. The molecule has 162 valence electrons. The molecule has 29 heavy (non-hydrogen) atoms. The van der Waals surface area contributed by atoms with E-state index in [1.54, 1.807) is 0 Å². The highest BCUT2D eigenvalue weighted by molar-refractivity contribution is 5.91. The molecule has 4 aliphatic carbocycles. The van der Waals surface area contributed by atoms with E-state index in [4.69, 9.17) is 0 Å². The van der Waals surface area contributed by atoms with Crippen LogP contribution in [0.5, 0.6) is 0 Å². The molecule has 4 nitrogen and oxygen atoms in total. The summed E-state index contributed by atoms with van der Waals surface area (Å²) in [5.74, 6) is 3.05. The molecule has 5 fully saturated rings. The Kier molecular flexibility index (Phi) is 4.98. The van der Waals surface area contributed by atoms with Crippen molar-refractivity contribution >= 4 is 11.6 Å². The van der Waals surface area contributed by atoms with Gasteiger partial charge < -0.3 is 10.4 Å². The van der Waals surface area contributed by atoms with Gasteiger partial charge in [-0.15, -0.1) is 0 Å². The van der Waals surface area contributed by atoms with Gasteiger partial charge in [-0.1, -0.05) is 20.3 Å². The molecule has 1 unspecified atom stereocenters. The van der Waals surface area contributed by atoms with E-state index in [2.05, 4.69) is 19.2 Å². The molecule has 5 aliphatic rings. The summed E-state index contributed by atoms with van der Waals surface area (Å²) in [6.45, 7) is 6.92. The van der Waals surface area contributed by atoms with Gasteiger partial charge in [-0.3, -0.25) is 9.59 Å². The van der Waals surface area contributed by atoms with Crippen LogP contribution in [-0.4, -0.2) is 36.4 Å². The van der Waals surface area contributed by atoms with Crippen molar-refractivity contribution in [2.75, 3.05) is 19.7 Å². The number of aliphatic hydroxyl groups excluding tert-OH is 1. The maximum absolute atomic E-state index is 13.7. The van der Waals surface area contributed by atoms with Crippen LogP contribution in [0.2, 0.25) is 0 Å². The average molecular weight is 402 g/mol. The minimum absolute atomic E-state index is 0.00104. The molecule has 1 saturated heterocycles. The Morgan fingerprint density at radius 3 is 2.41 bits per heavy atom. The zero-order valence-corrected chi connectivity index (χ0v) is 18.3. The summed E-state index contributed by atoms with van der Waals surface area (Å²) >= 11 is 0. The number of hydrogen-bond acceptors (Lipinski definition) is 4. The first-order chi connectivity index (χ1) is 13.9. The van der Waals surface area contributed by atoms with Crippen molar-refractivity contribution in [2.24, 2.45) is 52.3 Å². The fraction of sp³-hybridized carbons (Fsp3) is 0.920. The summed E-state index contributed by atoms with van der Waals surface area (Å²) in [4.78, 5) is 26.4. The molecule has 1 heterocycles. The third-order valence-corrected chi connectivity index (χ3v) is 10.6. The van der Waals surface area contributed by atoms with Crippen LogP contribution in [0, 0.1) is 52.3 Å². The van der Waals surface area contributed by atoms with Crippen molar-refractivity contribution in [3.8, 4) is 0 Å². The van der Waals surface area contributed by atoms with E-state index in [0.29, 0.717) is 35.7 Å². The Morgan fingerprint density at radius 2 is 1.72 bits per heavy atom. The summed E-state index contributed by atoms with van der Waals surface area (Å²) in [5, 5.41) is 13.7. The first-order valence-corrected chi connectivity index (χ1v) is 12.3. The van der Waals surface area contributed by atoms with Gasteiger partial charge in [0.15, 0.2) is 0 Å². The smallest absolute Gasteiger partial charge is 0.142 e. The van der Waals surface area contributed by atoms with Crippen LogP contribution in [0.25, 0.3) is 0 Å². The second kappa shape index (κ2) is 7.15. The van der Waals surface area contributed by atoms with Gasteiger partial charge >= 0.3 is 0 Å². The normalized spacial score (nSPS) is 49.9. The Balaban J connectivity index is 1.39. The molecule has 1 aliphatic heterocycles. The zero-order valence-electron chi connectivity index (χ0n) is 18.3. The van der Waals surface area contributed by atoms with Gasteiger partial charge in [0, 0.05) is 23.7 Å². The number of aliphatic hydroxyl groups is 1. The molecule has 5 rings (SSSR count). The second-order valence-electron chi connectivity index (χ2n) is 11.7. The third-order valence-electron chi connectivity index (χ3n) is 10.6. The minimum Gasteiger partial charge on any atom is -0.396 e. The predicted molar refractivity (Wildman–Crippen MR) is 112 cm³/mol. The molecule has 0 aromatic carbocycles. The number of ketones is 2. The monoisotopic (exact) mass is 401 g/mol. The van der Waals surface area contributed by atoms with E-state index < -0.39 is 0 Å². The van der Waals surface area contributed by atoms with Crippen LogP contribution < -0.4 is 5.32 Å². The molecule has 4 saturated carbocycles. The molecule has 4 heteroatoms. The van der Waals surface area contributed by atoms with Crippen molar-refractivity contribution in [1.82, 2.24) is 5.32 Å². The van der Waals surface area contributed by atoms with Crippen LogP contribution in [0.1, 0.15) is 71.6 Å². The highest BCUT2D eigenvalue weighted by atomic mass is 16.3. The summed E-state index contributed by atoms with van der Waals surface area (Å²) in [7, 11) is 0. The second-order valence-corrected chi connectivity index (χ2v) is 11.7. The molecule has 0 radical (unpaired) electrons. The van der Waals surface area contributed by atoms with Gasteiger partial charge in [0.2, 0.25) is 0 Å². The van der Waals surface area contributed by atoms with Crippen molar-refractivity contribution in [2.45, 2.75) is 71.6 Å². The maximum Gasteiger partial charge on any atom is 0.142 e. The number of Topliss-reactive ketones (excluding diaryl/α,β-unsaturated/α-hetero) is 2. The van der Waals surface area contributed by atoms with Crippen LogP contribution in [0.3, 0.4) is 0 Å². The fourth-order valence-electron chi connectivity index (χ4n) is 8.53. The molecule has 0 aromatic rings. The van der Waals surface area contributed by atoms with Gasteiger partial charge in [0.1, 0.15) is 11.6 Å². The molecule has 2 N–H and O–H groups in total. The largest absolute Gasteiger partial charge is 0.396 e. The van der Waals surface area contributed by atoms with Crippen molar-refractivity contribution in [3.63, 3.8) is 0 Å². The molecular formula is C25H39NO3. The van der Waals surface area contributed by atoms with Crippen LogP contribution in [0.15, 0.2) is 0 Å². The molecular weight excluding hydrogens is 362 g/mol. The van der Waals surface area contributed by atoms with E-state index in [0.717, 1.165) is 31.6 Å². The SMILES string of the molecule is C[C@]12CC[C@H](CCC3CNC3)CC1[C@@H](CO)C(=O)[C@@H]1[C@@H]2CC[C@]2(C)C(=O)CC[C@@H]12. The van der Waals surface area contributed by atoms with Crippen molar-refractivity contribution in [3.05, 3.63) is 0 Å². The van der Waals surface area contributed by atoms with Gasteiger partial charge in [0.25, 0.3) is 0 Å². The minimum atomic E-state index is -0.284. The Hall–Kier alpha value is -0.740. The highest BCUT2D eigenvalue weighted by Gasteiger charge is 2.65. The average Bonchev–Trinajstić information content (AvgIpc) is 2.97. The first kappa shape index (κ1) is 20.2. The number of hydrogen-bond donors (Lipinski definition) is 2. The maximum atomic E-state index is 13.7. The number of carbonyl (C=O) groups is 2. The Bertz CT molecular complexity index is 688. The van der Waals surface area contributed by atoms with E-state index in [1.165, 1.54) is 38.8 Å². The zero-order chi connectivity index (χ0) is 20.4. The lowest BCUT2D eigenvalue weighted by Crippen LogP contribution is -2.61. The van der Waals surface area contributed by atoms with Crippen molar-refractivity contribution in [1.29, 1.82) is 0 Å². The topological polar surface area (TPSA) is 66.4 Å². The Labute approximate surface area is 175 Å². The highest BCUT2D eigenvalue weighted by Crippen LogP contribution is 2.66. The molecule has 0 aromatic heterocycles. The lowest BCUT2D eigenvalue weighted by molar-refractivity contribution is -0.172. The lowest BCUT2D eigenvalue weighted by Gasteiger charge is -2.61. The summed E-state index contributed by atoms with van der Waals surface area (Å²) in [5.41, 5.74) is -0.124. The third kappa shape index (κ3) is 2.91. The Morgan fingerprint density at radius 1 is 0.966 bits per heavy atom. The standard InChI is InChI=1S/C25H39NO3/c1-24-9-7-15(3-4-16-12-26-13-16)11-20(24)17(14-27)23(29)22-18-5-6-21(28)25(18,2)10-8-19(22)24/h15-20,22,26-27H,3-14H2,1-2H3/t15-,17+,18-,19-,20?,22-,24+,25-/m0/s1. The molecule has 0 bridgehead atoms. The van der Waals surface area contributed by atoms with Gasteiger partial charge in [-0.05, 0) is 93.0 Å². The van der Waals surface area contributed by atoms with Gasteiger partial charge in [-0.2, -0.15) is 0 Å². The fourth-order valence-corrected chi connectivity index (χ4v) is 8.53. The molecule has 0 amide bonds. The predicted octanol–water partition coefficient (Wildman–Crippen LogP) is 3.61. The summed E-state index contributed by atoms with van der Waals surface area (Å²) in [6, 6.07) is 0. The summed E-state index contributed by atoms with van der Waals surface area (Å²) in [6.07, 6.45) is 9.74. The number of fused-ring (bicyclic) bond motifs is 5. The van der Waals surface area contributed by atoms with E-state index >= 15 is 0 Å². The van der Waals surface area contributed by atoms with E-state index in [1.807, 2.05) is 0 Å². The van der Waals surface area contributed by atoms with Crippen LogP contribution in [0.4, 0.5) is 0 Å². The van der Waals surface area contributed by atoms with Gasteiger partial charge in [0.05, 0.1) is 6.61 Å². The van der Waals surface area contributed by atoms with E-state index in [9.17, 15) is 14.7 Å². The lowest BCUT2D eigenvalue weighted by atomic mass is 9.42. The van der Waals surface area contributed by atoms with Gasteiger partial charge in [-0.25, -0.2) is 0 Å². The van der Waals surface area contributed by atoms with Crippen LogP contribution in [-0.2, 0) is 9.59 Å². The number of rotatable bonds is 4. The number of nitrogens with one attached hydrogen (secondary N) is 1.